The number of benzene rings is 1. The van der Waals surface area contributed by atoms with Crippen LogP contribution in [0.2, 0.25) is 0 Å². The highest BCUT2D eigenvalue weighted by molar-refractivity contribution is 7.89. The molecule has 0 aliphatic carbocycles. The quantitative estimate of drug-likeness (QED) is 0.811. The second-order valence-corrected chi connectivity index (χ2v) is 9.49. The van der Waals surface area contributed by atoms with Crippen LogP contribution in [-0.2, 0) is 14.8 Å². The Bertz CT molecular complexity index is 731. The van der Waals surface area contributed by atoms with Gasteiger partial charge in [0, 0.05) is 25.7 Å². The number of likely N-dealkylation sites (tertiary alicyclic amines) is 1. The number of nitrogens with zero attached hydrogens (tertiary/aromatic N) is 1. The minimum Gasteiger partial charge on any atom is -0.325 e. The Balaban J connectivity index is 2.17. The predicted molar refractivity (Wildman–Crippen MR) is 99.2 cm³/mol. The molecule has 3 atom stereocenters. The van der Waals surface area contributed by atoms with Gasteiger partial charge in [-0.05, 0) is 44.4 Å². The van der Waals surface area contributed by atoms with Gasteiger partial charge in [0.2, 0.25) is 10.0 Å². The first-order valence-electron chi connectivity index (χ1n) is 8.81. The van der Waals surface area contributed by atoms with Gasteiger partial charge in [0.15, 0.2) is 6.04 Å². The second kappa shape index (κ2) is 7.85. The number of hydrogen-bond donors (Lipinski definition) is 2. The first-order chi connectivity index (χ1) is 11.6. The third-order valence-electron chi connectivity index (χ3n) is 5.06. The van der Waals surface area contributed by atoms with Gasteiger partial charge in [-0.15, -0.1) is 0 Å². The van der Waals surface area contributed by atoms with Crippen molar-refractivity contribution in [3.8, 4) is 0 Å². The molecule has 1 heterocycles. The molecular weight excluding hydrogens is 338 g/mol. The van der Waals surface area contributed by atoms with Gasteiger partial charge in [0.25, 0.3) is 5.91 Å². The number of amides is 1. The number of hydrogen-bond acceptors (Lipinski definition) is 3. The van der Waals surface area contributed by atoms with Gasteiger partial charge in [-0.25, -0.2) is 12.7 Å². The summed E-state index contributed by atoms with van der Waals surface area (Å²) in [4.78, 5) is 14.2. The molecule has 140 valence electrons. The van der Waals surface area contributed by atoms with Crippen LogP contribution in [0.25, 0.3) is 0 Å². The molecule has 1 unspecified atom stereocenters. The fourth-order valence-electron chi connectivity index (χ4n) is 3.26. The van der Waals surface area contributed by atoms with E-state index in [1.807, 2.05) is 13.8 Å². The number of rotatable bonds is 5. The normalized spacial score (nSPS) is 22.6. The standard InChI is InChI=1S/C18H29N3O3S/c1-13-7-6-10-21(12-13)15(3)18(22)19-17-11-16(9-8-14(17)2)25(23,24)20(4)5/h8-9,11,13,15H,6-7,10,12H2,1-5H3,(H,19,22)/p+1/t13-,15+/m0/s1. The van der Waals surface area contributed by atoms with E-state index in [-0.39, 0.29) is 16.8 Å². The number of nitrogens with one attached hydrogen (secondary N) is 2. The van der Waals surface area contributed by atoms with Crippen LogP contribution in [0.4, 0.5) is 5.69 Å². The highest BCUT2D eigenvalue weighted by Gasteiger charge is 2.29. The summed E-state index contributed by atoms with van der Waals surface area (Å²) in [6.45, 7) is 8.04. The molecule has 1 aromatic rings. The summed E-state index contributed by atoms with van der Waals surface area (Å²) in [6.07, 6.45) is 2.37. The Morgan fingerprint density at radius 1 is 1.36 bits per heavy atom. The van der Waals surface area contributed by atoms with E-state index in [1.54, 1.807) is 18.2 Å². The summed E-state index contributed by atoms with van der Waals surface area (Å²) in [5.41, 5.74) is 1.41. The molecule has 1 fully saturated rings. The van der Waals surface area contributed by atoms with Gasteiger partial charge in [-0.1, -0.05) is 13.0 Å². The summed E-state index contributed by atoms with van der Waals surface area (Å²) in [7, 11) is -0.530. The molecule has 1 saturated heterocycles. The van der Waals surface area contributed by atoms with Crippen LogP contribution in [0.3, 0.4) is 0 Å². The van der Waals surface area contributed by atoms with Crippen LogP contribution < -0.4 is 10.2 Å². The van der Waals surface area contributed by atoms with Gasteiger partial charge in [0.05, 0.1) is 18.0 Å². The summed E-state index contributed by atoms with van der Waals surface area (Å²) in [5.74, 6) is 0.570. The van der Waals surface area contributed by atoms with Gasteiger partial charge < -0.3 is 10.2 Å². The number of anilines is 1. The van der Waals surface area contributed by atoms with Crippen molar-refractivity contribution in [2.75, 3.05) is 32.5 Å². The average molecular weight is 369 g/mol. The lowest BCUT2D eigenvalue weighted by Crippen LogP contribution is -3.17. The molecule has 0 aromatic heterocycles. The summed E-state index contributed by atoms with van der Waals surface area (Å²) < 4.78 is 25.8. The molecular formula is C18H30N3O3S+. The van der Waals surface area contributed by atoms with Crippen LogP contribution in [0.1, 0.15) is 32.3 Å². The number of quaternary nitrogens is 1. The highest BCUT2D eigenvalue weighted by Crippen LogP contribution is 2.22. The maximum atomic E-state index is 12.7. The van der Waals surface area contributed by atoms with Crippen LogP contribution in [-0.4, -0.2) is 51.9 Å². The first kappa shape index (κ1) is 19.9. The summed E-state index contributed by atoms with van der Waals surface area (Å²) in [5, 5.41) is 2.93. The zero-order valence-electron chi connectivity index (χ0n) is 15.8. The molecule has 0 radical (unpaired) electrons. The van der Waals surface area contributed by atoms with Crippen molar-refractivity contribution in [2.45, 2.75) is 44.6 Å². The molecule has 1 aliphatic rings. The van der Waals surface area contributed by atoms with E-state index < -0.39 is 10.0 Å². The van der Waals surface area contributed by atoms with Gasteiger partial charge in [0.1, 0.15) is 0 Å². The lowest BCUT2D eigenvalue weighted by Gasteiger charge is -2.31. The Morgan fingerprint density at radius 2 is 2.04 bits per heavy atom. The van der Waals surface area contributed by atoms with E-state index in [1.165, 1.54) is 29.7 Å². The lowest BCUT2D eigenvalue weighted by atomic mass is 9.99. The Hall–Kier alpha value is -1.44. The number of aryl methyl sites for hydroxylation is 1. The molecule has 0 bridgehead atoms. The first-order valence-corrected chi connectivity index (χ1v) is 10.3. The SMILES string of the molecule is Cc1ccc(S(=O)(=O)N(C)C)cc1NC(=O)[C@@H](C)[NH+]1CCC[C@H](C)C1. The highest BCUT2D eigenvalue weighted by atomic mass is 32.2. The molecule has 25 heavy (non-hydrogen) atoms. The van der Waals surface area contributed by atoms with Gasteiger partial charge in [-0.3, -0.25) is 4.79 Å². The van der Waals surface area contributed by atoms with E-state index in [2.05, 4.69) is 12.2 Å². The third kappa shape index (κ3) is 4.59. The fraction of sp³-hybridized carbons (Fsp3) is 0.611. The number of sulfonamides is 1. The molecule has 0 spiro atoms. The second-order valence-electron chi connectivity index (χ2n) is 7.33. The van der Waals surface area contributed by atoms with E-state index >= 15 is 0 Å². The molecule has 1 aromatic carbocycles. The molecule has 1 amide bonds. The van der Waals surface area contributed by atoms with Crippen molar-refractivity contribution in [1.29, 1.82) is 0 Å². The minimum absolute atomic E-state index is 0.0633. The van der Waals surface area contributed by atoms with Crippen molar-refractivity contribution < 1.29 is 18.1 Å². The van der Waals surface area contributed by atoms with Crippen LogP contribution >= 0.6 is 0 Å². The number of carbonyl (C=O) groups is 1. The predicted octanol–water partition coefficient (Wildman–Crippen LogP) is 0.887. The monoisotopic (exact) mass is 368 g/mol. The summed E-state index contributed by atoms with van der Waals surface area (Å²) >= 11 is 0. The maximum Gasteiger partial charge on any atom is 0.282 e. The molecule has 2 rings (SSSR count). The molecule has 0 saturated carbocycles. The van der Waals surface area contributed by atoms with Crippen molar-refractivity contribution in [2.24, 2.45) is 5.92 Å². The van der Waals surface area contributed by atoms with Gasteiger partial charge in [-0.2, -0.15) is 0 Å². The number of piperidine rings is 1. The minimum atomic E-state index is -3.52. The number of carbonyl (C=O) groups excluding carboxylic acids is 1. The van der Waals surface area contributed by atoms with Crippen molar-refractivity contribution in [3.05, 3.63) is 23.8 Å². The van der Waals surface area contributed by atoms with E-state index in [0.717, 1.165) is 25.1 Å². The van der Waals surface area contributed by atoms with E-state index in [0.29, 0.717) is 11.6 Å². The molecule has 6 nitrogen and oxygen atoms in total. The van der Waals surface area contributed by atoms with Crippen molar-refractivity contribution in [1.82, 2.24) is 4.31 Å². The zero-order chi connectivity index (χ0) is 18.8. The largest absolute Gasteiger partial charge is 0.325 e. The van der Waals surface area contributed by atoms with Crippen LogP contribution in [0.5, 0.6) is 0 Å². The maximum absolute atomic E-state index is 12.7. The summed E-state index contributed by atoms with van der Waals surface area (Å²) in [6, 6.07) is 4.69. The molecule has 7 heteroatoms. The molecule has 2 N–H and O–H groups in total. The van der Waals surface area contributed by atoms with Crippen LogP contribution in [0, 0.1) is 12.8 Å². The third-order valence-corrected chi connectivity index (χ3v) is 6.87. The Labute approximate surface area is 151 Å². The van der Waals surface area contributed by atoms with Crippen LogP contribution in [0.15, 0.2) is 23.1 Å². The Kier molecular flexibility index (Phi) is 6.24. The van der Waals surface area contributed by atoms with E-state index in [9.17, 15) is 13.2 Å². The zero-order valence-corrected chi connectivity index (χ0v) is 16.6. The smallest absolute Gasteiger partial charge is 0.282 e. The van der Waals surface area contributed by atoms with Gasteiger partial charge >= 0.3 is 0 Å². The lowest BCUT2D eigenvalue weighted by molar-refractivity contribution is -0.922. The van der Waals surface area contributed by atoms with Crippen molar-refractivity contribution in [3.63, 3.8) is 0 Å². The van der Waals surface area contributed by atoms with E-state index in [4.69, 9.17) is 0 Å². The Morgan fingerprint density at radius 3 is 2.64 bits per heavy atom. The fourth-order valence-corrected chi connectivity index (χ4v) is 4.18. The topological polar surface area (TPSA) is 70.9 Å². The van der Waals surface area contributed by atoms with Crippen molar-refractivity contribution >= 4 is 21.6 Å². The average Bonchev–Trinajstić information content (AvgIpc) is 2.55. The molecule has 1 aliphatic heterocycles.